The molecule has 0 aromatic heterocycles. The highest BCUT2D eigenvalue weighted by molar-refractivity contribution is 7.89. The summed E-state index contributed by atoms with van der Waals surface area (Å²) in [6, 6.07) is 9.11. The molecule has 0 aliphatic carbocycles. The highest BCUT2D eigenvalue weighted by atomic mass is 32.2. The minimum Gasteiger partial charge on any atom is -0.493 e. The molecule has 2 aromatic carbocycles. The molecule has 0 radical (unpaired) electrons. The smallest absolute Gasteiger partial charge is 0.243 e. The topological polar surface area (TPSA) is 65.1 Å². The van der Waals surface area contributed by atoms with Crippen LogP contribution in [0.4, 0.5) is 0 Å². The van der Waals surface area contributed by atoms with Gasteiger partial charge in [-0.15, -0.1) is 0 Å². The molecule has 0 amide bonds. The van der Waals surface area contributed by atoms with Crippen molar-refractivity contribution >= 4 is 10.0 Å². The van der Waals surface area contributed by atoms with E-state index in [1.165, 1.54) is 4.31 Å². The number of likely N-dealkylation sites (N-methyl/N-ethyl adjacent to an activating group) is 1. The van der Waals surface area contributed by atoms with Crippen LogP contribution in [0.2, 0.25) is 0 Å². The van der Waals surface area contributed by atoms with Crippen molar-refractivity contribution in [2.45, 2.75) is 25.2 Å². The third-order valence-electron chi connectivity index (χ3n) is 4.47. The summed E-state index contributed by atoms with van der Waals surface area (Å²) in [6.45, 7) is 4.02. The van der Waals surface area contributed by atoms with Crippen molar-refractivity contribution in [3.63, 3.8) is 0 Å². The Morgan fingerprint density at radius 2 is 1.52 bits per heavy atom. The average molecular weight is 394 g/mol. The number of hydrogen-bond donors (Lipinski definition) is 0. The molecule has 0 atom stereocenters. The summed E-state index contributed by atoms with van der Waals surface area (Å²) >= 11 is 0. The Morgan fingerprint density at radius 1 is 0.926 bits per heavy atom. The van der Waals surface area contributed by atoms with Gasteiger partial charge >= 0.3 is 0 Å². The van der Waals surface area contributed by atoms with Crippen molar-refractivity contribution in [1.82, 2.24) is 4.31 Å². The molecule has 0 heterocycles. The van der Waals surface area contributed by atoms with Gasteiger partial charge in [0.15, 0.2) is 11.5 Å². The molecule has 0 saturated heterocycles. The van der Waals surface area contributed by atoms with Crippen LogP contribution in [0.1, 0.15) is 16.7 Å². The van der Waals surface area contributed by atoms with Gasteiger partial charge in [-0.05, 0) is 55.2 Å². The van der Waals surface area contributed by atoms with E-state index in [9.17, 15) is 8.42 Å². The van der Waals surface area contributed by atoms with Gasteiger partial charge in [-0.3, -0.25) is 0 Å². The fourth-order valence-electron chi connectivity index (χ4n) is 2.84. The first-order valence-electron chi connectivity index (χ1n) is 8.57. The molecule has 0 aliphatic heterocycles. The van der Waals surface area contributed by atoms with Gasteiger partial charge in [-0.25, -0.2) is 12.7 Å². The normalized spacial score (nSPS) is 11.5. The van der Waals surface area contributed by atoms with E-state index in [4.69, 9.17) is 14.2 Å². The first kappa shape index (κ1) is 21.1. The van der Waals surface area contributed by atoms with Crippen LogP contribution in [0.3, 0.4) is 0 Å². The van der Waals surface area contributed by atoms with Crippen LogP contribution in [0, 0.1) is 13.8 Å². The molecule has 0 spiro atoms. The van der Waals surface area contributed by atoms with Crippen molar-refractivity contribution < 1.29 is 22.6 Å². The van der Waals surface area contributed by atoms with Crippen LogP contribution in [0.25, 0.3) is 0 Å². The average Bonchev–Trinajstić information content (AvgIpc) is 2.66. The second kappa shape index (κ2) is 8.63. The van der Waals surface area contributed by atoms with Gasteiger partial charge in [-0.2, -0.15) is 0 Å². The maximum absolute atomic E-state index is 12.9. The lowest BCUT2D eigenvalue weighted by Crippen LogP contribution is -2.29. The lowest BCUT2D eigenvalue weighted by Gasteiger charge is -2.20. The van der Waals surface area contributed by atoms with Crippen LogP contribution >= 0.6 is 0 Å². The number of nitrogens with zero attached hydrogens (tertiary/aromatic N) is 1. The number of methoxy groups -OCH3 is 3. The third-order valence-corrected chi connectivity index (χ3v) is 6.47. The summed E-state index contributed by atoms with van der Waals surface area (Å²) in [5.41, 5.74) is 2.55. The summed E-state index contributed by atoms with van der Waals surface area (Å²) in [6.07, 6.45) is 0.511. The number of hydrogen-bond acceptors (Lipinski definition) is 5. The minimum absolute atomic E-state index is 0.328. The van der Waals surface area contributed by atoms with Gasteiger partial charge in [0.2, 0.25) is 15.8 Å². The molecule has 2 aromatic rings. The van der Waals surface area contributed by atoms with E-state index in [0.717, 1.165) is 16.7 Å². The minimum atomic E-state index is -3.56. The highest BCUT2D eigenvalue weighted by Gasteiger charge is 2.23. The molecular formula is C20H27NO5S. The number of benzene rings is 2. The molecule has 27 heavy (non-hydrogen) atoms. The van der Waals surface area contributed by atoms with Gasteiger partial charge in [0.05, 0.1) is 26.2 Å². The number of sulfonamides is 1. The Balaban J connectivity index is 2.24. The molecule has 0 fully saturated rings. The van der Waals surface area contributed by atoms with Crippen molar-refractivity contribution in [3.05, 3.63) is 47.0 Å². The lowest BCUT2D eigenvalue weighted by molar-refractivity contribution is 0.323. The van der Waals surface area contributed by atoms with E-state index in [1.807, 2.05) is 31.2 Å². The van der Waals surface area contributed by atoms with Gasteiger partial charge in [0, 0.05) is 13.6 Å². The molecule has 0 saturated carbocycles. The quantitative estimate of drug-likeness (QED) is 0.689. The summed E-state index contributed by atoms with van der Waals surface area (Å²) in [5.74, 6) is 1.61. The Bertz CT molecular complexity index is 884. The SMILES string of the molecule is COc1cc(CCN(C)S(=O)(=O)c2cc(C)ccc2C)cc(OC)c1OC. The molecule has 0 aliphatic rings. The number of ether oxygens (including phenoxy) is 3. The Kier molecular flexibility index (Phi) is 6.73. The van der Waals surface area contributed by atoms with Crippen LogP contribution in [-0.2, 0) is 16.4 Å². The lowest BCUT2D eigenvalue weighted by atomic mass is 10.1. The summed E-state index contributed by atoms with van der Waals surface area (Å²) in [4.78, 5) is 0.342. The monoisotopic (exact) mass is 393 g/mol. The van der Waals surface area contributed by atoms with E-state index < -0.39 is 10.0 Å². The van der Waals surface area contributed by atoms with E-state index in [-0.39, 0.29) is 0 Å². The Hall–Kier alpha value is -2.25. The van der Waals surface area contributed by atoms with Crippen molar-refractivity contribution in [2.24, 2.45) is 0 Å². The second-order valence-electron chi connectivity index (χ2n) is 6.38. The standard InChI is InChI=1S/C20H27NO5S/c1-14-7-8-15(2)19(11-14)27(22,23)21(3)10-9-16-12-17(24-4)20(26-6)18(13-16)25-5/h7-8,11-13H,9-10H2,1-6H3. The fourth-order valence-corrected chi connectivity index (χ4v) is 4.32. The van der Waals surface area contributed by atoms with Crippen molar-refractivity contribution in [3.8, 4) is 17.2 Å². The largest absolute Gasteiger partial charge is 0.493 e. The Labute approximate surface area is 161 Å². The van der Waals surface area contributed by atoms with E-state index in [2.05, 4.69) is 0 Å². The van der Waals surface area contributed by atoms with Crippen LogP contribution in [-0.4, -0.2) is 47.6 Å². The molecule has 0 bridgehead atoms. The number of rotatable bonds is 8. The molecule has 0 N–H and O–H groups in total. The summed E-state index contributed by atoms with van der Waals surface area (Å²) in [5, 5.41) is 0. The van der Waals surface area contributed by atoms with Crippen LogP contribution < -0.4 is 14.2 Å². The molecule has 7 heteroatoms. The van der Waals surface area contributed by atoms with Gasteiger partial charge in [0.25, 0.3) is 0 Å². The highest BCUT2D eigenvalue weighted by Crippen LogP contribution is 2.38. The fraction of sp³-hybridized carbons (Fsp3) is 0.400. The molecule has 0 unspecified atom stereocenters. The predicted molar refractivity (Wildman–Crippen MR) is 106 cm³/mol. The van der Waals surface area contributed by atoms with Crippen LogP contribution in [0.15, 0.2) is 35.2 Å². The molecular weight excluding hydrogens is 366 g/mol. The first-order valence-corrected chi connectivity index (χ1v) is 10.0. The van der Waals surface area contributed by atoms with Crippen LogP contribution in [0.5, 0.6) is 17.2 Å². The summed E-state index contributed by atoms with van der Waals surface area (Å²) in [7, 11) is 2.69. The zero-order valence-electron chi connectivity index (χ0n) is 16.7. The number of aryl methyl sites for hydroxylation is 2. The summed E-state index contributed by atoms with van der Waals surface area (Å²) < 4.78 is 43.3. The van der Waals surface area contributed by atoms with Crippen molar-refractivity contribution in [2.75, 3.05) is 34.9 Å². The maximum atomic E-state index is 12.9. The van der Waals surface area contributed by atoms with Gasteiger partial charge < -0.3 is 14.2 Å². The zero-order chi connectivity index (χ0) is 20.2. The van der Waals surface area contributed by atoms with E-state index >= 15 is 0 Å². The zero-order valence-corrected chi connectivity index (χ0v) is 17.5. The van der Waals surface area contributed by atoms with Gasteiger partial charge in [-0.1, -0.05) is 12.1 Å². The molecule has 2 rings (SSSR count). The van der Waals surface area contributed by atoms with Gasteiger partial charge in [0.1, 0.15) is 0 Å². The molecule has 6 nitrogen and oxygen atoms in total. The third kappa shape index (κ3) is 4.54. The van der Waals surface area contributed by atoms with E-state index in [0.29, 0.717) is 35.1 Å². The van der Waals surface area contributed by atoms with E-state index in [1.54, 1.807) is 41.4 Å². The van der Waals surface area contributed by atoms with Crippen molar-refractivity contribution in [1.29, 1.82) is 0 Å². The predicted octanol–water partition coefficient (Wildman–Crippen LogP) is 3.19. The molecule has 148 valence electrons. The second-order valence-corrected chi connectivity index (χ2v) is 8.39. The maximum Gasteiger partial charge on any atom is 0.243 e. The first-order chi connectivity index (χ1) is 12.7. The Morgan fingerprint density at radius 3 is 2.04 bits per heavy atom.